The summed E-state index contributed by atoms with van der Waals surface area (Å²) in [7, 11) is 0. The summed E-state index contributed by atoms with van der Waals surface area (Å²) in [6.45, 7) is 22.5. The van der Waals surface area contributed by atoms with Crippen LogP contribution in [0.1, 0.15) is 146 Å². The summed E-state index contributed by atoms with van der Waals surface area (Å²) in [4.78, 5) is 0. The van der Waals surface area contributed by atoms with Crippen LogP contribution in [0.25, 0.3) is 0 Å². The first-order chi connectivity index (χ1) is 14.1. The fourth-order valence-corrected chi connectivity index (χ4v) is 3.78. The molecule has 0 aliphatic heterocycles. The van der Waals surface area contributed by atoms with Gasteiger partial charge in [-0.25, -0.2) is 0 Å². The van der Waals surface area contributed by atoms with Crippen molar-refractivity contribution in [2.24, 2.45) is 23.7 Å². The van der Waals surface area contributed by atoms with Crippen LogP contribution in [0.2, 0.25) is 0 Å². The zero-order valence-corrected chi connectivity index (χ0v) is 22.9. The zero-order valence-electron chi connectivity index (χ0n) is 22.9. The van der Waals surface area contributed by atoms with E-state index in [0.29, 0.717) is 0 Å². The molecule has 180 valence electrons. The highest BCUT2D eigenvalue weighted by Crippen LogP contribution is 2.32. The lowest BCUT2D eigenvalue weighted by molar-refractivity contribution is 0.346. The molecule has 0 saturated heterocycles. The van der Waals surface area contributed by atoms with Crippen LogP contribution in [0.5, 0.6) is 0 Å². The summed E-state index contributed by atoms with van der Waals surface area (Å²) in [5, 5.41) is 0. The topological polar surface area (TPSA) is 0 Å². The number of rotatable bonds is 10. The van der Waals surface area contributed by atoms with Gasteiger partial charge in [0.25, 0.3) is 0 Å². The Hall–Kier alpha value is -0.520. The van der Waals surface area contributed by atoms with Gasteiger partial charge in [-0.2, -0.15) is 0 Å². The second kappa shape index (κ2) is 21.7. The average Bonchev–Trinajstić information content (AvgIpc) is 2.65. The lowest BCUT2D eigenvalue weighted by atomic mass is 9.80. The summed E-state index contributed by atoms with van der Waals surface area (Å²) in [6, 6.07) is 0. The molecule has 1 fully saturated rings. The molecule has 1 rings (SSSR count). The quantitative estimate of drug-likeness (QED) is 0.243. The first-order valence-electron chi connectivity index (χ1n) is 13.5. The van der Waals surface area contributed by atoms with E-state index in [4.69, 9.17) is 0 Å². The maximum atomic E-state index is 2.51. The molecule has 0 amide bonds. The Balaban J connectivity index is 0. The van der Waals surface area contributed by atoms with Gasteiger partial charge in [0.05, 0.1) is 0 Å². The van der Waals surface area contributed by atoms with E-state index in [9.17, 15) is 0 Å². The van der Waals surface area contributed by atoms with Gasteiger partial charge in [-0.15, -0.1) is 0 Å². The van der Waals surface area contributed by atoms with Gasteiger partial charge in [0, 0.05) is 0 Å². The number of hydrogen-bond acceptors (Lipinski definition) is 0. The van der Waals surface area contributed by atoms with E-state index in [1.165, 1.54) is 77.0 Å². The van der Waals surface area contributed by atoms with Crippen LogP contribution in [-0.2, 0) is 0 Å². The van der Waals surface area contributed by atoms with E-state index in [1.54, 1.807) is 11.1 Å². The highest BCUT2D eigenvalue weighted by atomic mass is 14.2. The molecule has 1 aliphatic carbocycles. The zero-order chi connectivity index (χ0) is 23.4. The van der Waals surface area contributed by atoms with Gasteiger partial charge in [0.15, 0.2) is 0 Å². The van der Waals surface area contributed by atoms with Gasteiger partial charge in [0.1, 0.15) is 0 Å². The summed E-state index contributed by atoms with van der Waals surface area (Å²) in [5.41, 5.74) is 3.29. The van der Waals surface area contributed by atoms with Crippen molar-refractivity contribution in [1.82, 2.24) is 0 Å². The van der Waals surface area contributed by atoms with Crippen molar-refractivity contribution in [3.8, 4) is 0 Å². The number of unbranched alkanes of at least 4 members (excludes halogenated alkanes) is 3. The van der Waals surface area contributed by atoms with E-state index in [0.717, 1.165) is 23.7 Å². The summed E-state index contributed by atoms with van der Waals surface area (Å²) in [5.74, 6) is 3.58. The third-order valence-electron chi connectivity index (χ3n) is 5.47. The lowest BCUT2D eigenvalue weighted by Crippen LogP contribution is -2.11. The maximum Gasteiger partial charge on any atom is -0.0292 e. The Labute approximate surface area is 193 Å². The van der Waals surface area contributed by atoms with Crippen LogP contribution in [0, 0.1) is 23.7 Å². The normalized spacial score (nSPS) is 18.4. The second-order valence-electron chi connectivity index (χ2n) is 11.1. The Kier molecular flexibility index (Phi) is 22.9. The first kappa shape index (κ1) is 31.7. The Morgan fingerprint density at radius 1 is 0.933 bits per heavy atom. The third-order valence-corrected chi connectivity index (χ3v) is 5.47. The van der Waals surface area contributed by atoms with Crippen molar-refractivity contribution in [1.29, 1.82) is 0 Å². The first-order valence-corrected chi connectivity index (χ1v) is 13.5. The van der Waals surface area contributed by atoms with Crippen LogP contribution in [-0.4, -0.2) is 0 Å². The SMILES string of the molecule is CC(C)C.CC/C(C)=C\CCCCC(C)C.CCC/C=C1/CCCC(CC(C)C)C1. The van der Waals surface area contributed by atoms with E-state index >= 15 is 0 Å². The molecule has 0 spiro atoms. The minimum atomic E-state index is 0.833. The molecule has 0 N–H and O–H groups in total. The predicted octanol–water partition coefficient (Wildman–Crippen LogP) is 11.2. The van der Waals surface area contributed by atoms with Crippen molar-refractivity contribution < 1.29 is 0 Å². The van der Waals surface area contributed by atoms with Crippen molar-refractivity contribution in [2.75, 3.05) is 0 Å². The molecule has 0 bridgehead atoms. The van der Waals surface area contributed by atoms with Gasteiger partial charge >= 0.3 is 0 Å². The van der Waals surface area contributed by atoms with Gasteiger partial charge in [-0.05, 0) is 88.4 Å². The summed E-state index contributed by atoms with van der Waals surface area (Å²) < 4.78 is 0. The summed E-state index contributed by atoms with van der Waals surface area (Å²) >= 11 is 0. The van der Waals surface area contributed by atoms with Crippen molar-refractivity contribution >= 4 is 0 Å². The molecule has 0 aromatic heterocycles. The van der Waals surface area contributed by atoms with E-state index < -0.39 is 0 Å². The molecule has 0 aromatic carbocycles. The number of hydrogen-bond donors (Lipinski definition) is 0. The third kappa shape index (κ3) is 25.5. The molecule has 0 heteroatoms. The summed E-state index contributed by atoms with van der Waals surface area (Å²) in [6.07, 6.45) is 21.3. The average molecular weight is 421 g/mol. The van der Waals surface area contributed by atoms with E-state index in [2.05, 4.69) is 81.4 Å². The van der Waals surface area contributed by atoms with Crippen molar-refractivity contribution in [3.63, 3.8) is 0 Å². The lowest BCUT2D eigenvalue weighted by Gasteiger charge is -2.25. The molecule has 1 atom stereocenters. The molecular weight excluding hydrogens is 360 g/mol. The molecular formula is C30H60. The predicted molar refractivity (Wildman–Crippen MR) is 142 cm³/mol. The largest absolute Gasteiger partial charge is 0.0856 e. The van der Waals surface area contributed by atoms with Crippen LogP contribution in [0.4, 0.5) is 0 Å². The molecule has 30 heavy (non-hydrogen) atoms. The molecule has 0 nitrogen and oxygen atoms in total. The van der Waals surface area contributed by atoms with E-state index in [-0.39, 0.29) is 0 Å². The van der Waals surface area contributed by atoms with Crippen LogP contribution in [0.3, 0.4) is 0 Å². The Bertz CT molecular complexity index is 405. The fraction of sp³-hybridized carbons (Fsp3) is 0.867. The van der Waals surface area contributed by atoms with Crippen LogP contribution >= 0.6 is 0 Å². The highest BCUT2D eigenvalue weighted by Gasteiger charge is 2.17. The highest BCUT2D eigenvalue weighted by molar-refractivity contribution is 5.05. The fourth-order valence-electron chi connectivity index (χ4n) is 3.78. The van der Waals surface area contributed by atoms with Gasteiger partial charge < -0.3 is 0 Å². The molecule has 1 saturated carbocycles. The maximum absolute atomic E-state index is 2.51. The second-order valence-corrected chi connectivity index (χ2v) is 11.1. The van der Waals surface area contributed by atoms with Crippen LogP contribution in [0.15, 0.2) is 23.3 Å². The van der Waals surface area contributed by atoms with Gasteiger partial charge in [-0.3, -0.25) is 0 Å². The monoisotopic (exact) mass is 420 g/mol. The molecule has 0 aromatic rings. The minimum Gasteiger partial charge on any atom is -0.0856 e. The van der Waals surface area contributed by atoms with E-state index in [1.807, 2.05) is 0 Å². The smallest absolute Gasteiger partial charge is 0.0292 e. The molecule has 0 heterocycles. The molecule has 1 unspecified atom stereocenters. The van der Waals surface area contributed by atoms with Gasteiger partial charge in [0.2, 0.25) is 0 Å². The standard InChI is InChI=1S/C14H26.C12H24.C4H10/c1-4-5-7-13-8-6-9-14(11-13)10-12(2)3;1-5-12(4)10-8-6-7-9-11(2)3;1-4(2)3/h7,12,14H,4-6,8-11H2,1-3H3;10-11H,5-9H2,1-4H3;4H,1-3H3/b13-7-;12-10-;. The van der Waals surface area contributed by atoms with Gasteiger partial charge in [-0.1, -0.05) is 105 Å². The van der Waals surface area contributed by atoms with Crippen molar-refractivity contribution in [2.45, 2.75) is 146 Å². The Morgan fingerprint density at radius 2 is 1.57 bits per heavy atom. The molecule has 0 radical (unpaired) electrons. The molecule has 1 aliphatic rings. The number of allylic oxidation sites excluding steroid dienone is 4. The van der Waals surface area contributed by atoms with Crippen LogP contribution < -0.4 is 0 Å². The van der Waals surface area contributed by atoms with Crippen molar-refractivity contribution in [3.05, 3.63) is 23.3 Å². The minimum absolute atomic E-state index is 0.833. The Morgan fingerprint density at radius 3 is 2.07 bits per heavy atom.